The van der Waals surface area contributed by atoms with Crippen molar-refractivity contribution in [2.45, 2.75) is 0 Å². The summed E-state index contributed by atoms with van der Waals surface area (Å²) in [6.07, 6.45) is 0. The summed E-state index contributed by atoms with van der Waals surface area (Å²) in [6.45, 7) is 0. The van der Waals surface area contributed by atoms with Crippen molar-refractivity contribution in [1.82, 2.24) is 9.13 Å². The molecule has 0 amide bonds. The van der Waals surface area contributed by atoms with Gasteiger partial charge in [-0.1, -0.05) is 103 Å². The Morgan fingerprint density at radius 3 is 1.11 bits per heavy atom. The van der Waals surface area contributed by atoms with Crippen LogP contribution in [0.1, 0.15) is 0 Å². The standard InChI is InChI=1S/C42H28N2/c1-3-14-33(15-4-1)43-39-20-9-7-18-35(39)37-27-31(22-24-41(37)43)29-12-11-13-30(26-29)32-23-25-42-38(28-32)36-19-8-10-21-40(36)44(42)34-16-5-2-6-17-34/h1-28H. The molecule has 7 aromatic carbocycles. The maximum atomic E-state index is 2.37. The second-order valence-electron chi connectivity index (χ2n) is 11.4. The molecule has 0 bridgehead atoms. The Morgan fingerprint density at radius 2 is 0.636 bits per heavy atom. The molecule has 0 N–H and O–H groups in total. The third kappa shape index (κ3) is 3.82. The fourth-order valence-corrected chi connectivity index (χ4v) is 6.89. The average molecular weight is 561 g/mol. The van der Waals surface area contributed by atoms with Gasteiger partial charge in [-0.2, -0.15) is 0 Å². The zero-order valence-electron chi connectivity index (χ0n) is 24.1. The minimum atomic E-state index is 1.18. The quantitative estimate of drug-likeness (QED) is 0.203. The van der Waals surface area contributed by atoms with E-state index in [0.717, 1.165) is 0 Å². The summed E-state index contributed by atoms with van der Waals surface area (Å²) < 4.78 is 4.73. The van der Waals surface area contributed by atoms with E-state index < -0.39 is 0 Å². The van der Waals surface area contributed by atoms with E-state index in [0.29, 0.717) is 0 Å². The Morgan fingerprint density at radius 1 is 0.250 bits per heavy atom. The van der Waals surface area contributed by atoms with Gasteiger partial charge in [-0.05, 0) is 89.0 Å². The molecule has 9 aromatic rings. The number of para-hydroxylation sites is 4. The van der Waals surface area contributed by atoms with Crippen molar-refractivity contribution < 1.29 is 0 Å². The molecule has 9 rings (SSSR count). The van der Waals surface area contributed by atoms with Crippen LogP contribution in [0.4, 0.5) is 0 Å². The number of benzene rings is 7. The summed E-state index contributed by atoms with van der Waals surface area (Å²) >= 11 is 0. The van der Waals surface area contributed by atoms with Crippen LogP contribution in [-0.4, -0.2) is 9.13 Å². The van der Waals surface area contributed by atoms with E-state index in [-0.39, 0.29) is 0 Å². The highest BCUT2D eigenvalue weighted by Crippen LogP contribution is 2.38. The number of hydrogen-bond donors (Lipinski definition) is 0. The van der Waals surface area contributed by atoms with E-state index >= 15 is 0 Å². The van der Waals surface area contributed by atoms with Crippen LogP contribution in [0.3, 0.4) is 0 Å². The first-order chi connectivity index (χ1) is 21.8. The number of aromatic nitrogens is 2. The van der Waals surface area contributed by atoms with Gasteiger partial charge in [0, 0.05) is 32.9 Å². The molecule has 0 aliphatic carbocycles. The van der Waals surface area contributed by atoms with Crippen LogP contribution >= 0.6 is 0 Å². The number of nitrogens with zero attached hydrogens (tertiary/aromatic N) is 2. The lowest BCUT2D eigenvalue weighted by molar-refractivity contribution is 1.18. The van der Waals surface area contributed by atoms with Crippen LogP contribution in [0.5, 0.6) is 0 Å². The first-order valence-corrected chi connectivity index (χ1v) is 15.1. The van der Waals surface area contributed by atoms with Gasteiger partial charge in [0.15, 0.2) is 0 Å². The maximum absolute atomic E-state index is 2.37. The highest BCUT2D eigenvalue weighted by Gasteiger charge is 2.15. The summed E-state index contributed by atoms with van der Waals surface area (Å²) in [4.78, 5) is 0. The molecule has 0 atom stereocenters. The highest BCUT2D eigenvalue weighted by molar-refractivity contribution is 6.11. The van der Waals surface area contributed by atoms with E-state index in [1.807, 2.05) is 0 Å². The third-order valence-electron chi connectivity index (χ3n) is 8.90. The van der Waals surface area contributed by atoms with Gasteiger partial charge < -0.3 is 9.13 Å². The van der Waals surface area contributed by atoms with Crippen LogP contribution in [0.2, 0.25) is 0 Å². The van der Waals surface area contributed by atoms with Crippen molar-refractivity contribution in [3.63, 3.8) is 0 Å². The highest BCUT2D eigenvalue weighted by atomic mass is 15.0. The Labute approximate surface area is 255 Å². The van der Waals surface area contributed by atoms with Crippen molar-refractivity contribution in [2.24, 2.45) is 0 Å². The molecule has 0 aliphatic heterocycles. The molecule has 0 fully saturated rings. The van der Waals surface area contributed by atoms with Crippen LogP contribution in [0.15, 0.2) is 170 Å². The molecule has 2 heteroatoms. The van der Waals surface area contributed by atoms with Crippen molar-refractivity contribution >= 4 is 43.6 Å². The predicted molar refractivity (Wildman–Crippen MR) is 186 cm³/mol. The lowest BCUT2D eigenvalue weighted by Crippen LogP contribution is -1.93. The fraction of sp³-hybridized carbons (Fsp3) is 0. The molecule has 44 heavy (non-hydrogen) atoms. The summed E-state index contributed by atoms with van der Waals surface area (Å²) in [5, 5.41) is 5.07. The minimum absolute atomic E-state index is 1.18. The molecule has 206 valence electrons. The molecule has 0 radical (unpaired) electrons. The molecule has 0 saturated heterocycles. The molecule has 0 unspecified atom stereocenters. The van der Waals surface area contributed by atoms with Crippen molar-refractivity contribution in [1.29, 1.82) is 0 Å². The first-order valence-electron chi connectivity index (χ1n) is 15.1. The van der Waals surface area contributed by atoms with Gasteiger partial charge in [0.25, 0.3) is 0 Å². The average Bonchev–Trinajstić information content (AvgIpc) is 3.61. The van der Waals surface area contributed by atoms with Gasteiger partial charge in [-0.3, -0.25) is 0 Å². The van der Waals surface area contributed by atoms with Crippen LogP contribution in [-0.2, 0) is 0 Å². The van der Waals surface area contributed by atoms with Crippen LogP contribution < -0.4 is 0 Å². The second-order valence-corrected chi connectivity index (χ2v) is 11.4. The fourth-order valence-electron chi connectivity index (χ4n) is 6.89. The molecule has 0 aliphatic rings. The summed E-state index contributed by atoms with van der Waals surface area (Å²) in [6, 6.07) is 61.4. The van der Waals surface area contributed by atoms with Gasteiger partial charge in [0.2, 0.25) is 0 Å². The molecule has 0 saturated carbocycles. The Hall–Kier alpha value is -5.86. The van der Waals surface area contributed by atoms with E-state index in [9.17, 15) is 0 Å². The molecular weight excluding hydrogens is 532 g/mol. The lowest BCUT2D eigenvalue weighted by Gasteiger charge is -2.10. The Balaban J connectivity index is 1.18. The molecule has 2 heterocycles. The molecule has 2 nitrogen and oxygen atoms in total. The summed E-state index contributed by atoms with van der Waals surface area (Å²) in [5.41, 5.74) is 12.1. The largest absolute Gasteiger partial charge is 0.309 e. The second kappa shape index (κ2) is 9.86. The van der Waals surface area contributed by atoms with Gasteiger partial charge in [0.05, 0.1) is 22.1 Å². The molecule has 0 spiro atoms. The van der Waals surface area contributed by atoms with Crippen LogP contribution in [0, 0.1) is 0 Å². The number of hydrogen-bond acceptors (Lipinski definition) is 0. The van der Waals surface area contributed by atoms with Crippen LogP contribution in [0.25, 0.3) is 77.2 Å². The van der Waals surface area contributed by atoms with E-state index in [1.165, 1.54) is 77.2 Å². The van der Waals surface area contributed by atoms with E-state index in [2.05, 4.69) is 179 Å². The zero-order chi connectivity index (χ0) is 29.0. The van der Waals surface area contributed by atoms with Gasteiger partial charge >= 0.3 is 0 Å². The molecular formula is C42H28N2. The molecule has 2 aromatic heterocycles. The normalized spacial score (nSPS) is 11.6. The van der Waals surface area contributed by atoms with Crippen molar-refractivity contribution in [3.8, 4) is 33.6 Å². The van der Waals surface area contributed by atoms with Gasteiger partial charge in [0.1, 0.15) is 0 Å². The van der Waals surface area contributed by atoms with E-state index in [4.69, 9.17) is 0 Å². The lowest BCUT2D eigenvalue weighted by atomic mass is 9.97. The first kappa shape index (κ1) is 24.7. The maximum Gasteiger partial charge on any atom is 0.0541 e. The number of fused-ring (bicyclic) bond motifs is 6. The van der Waals surface area contributed by atoms with Gasteiger partial charge in [-0.25, -0.2) is 0 Å². The Kier molecular flexibility index (Phi) is 5.54. The summed E-state index contributed by atoms with van der Waals surface area (Å²) in [7, 11) is 0. The Bertz CT molecular complexity index is 2310. The smallest absolute Gasteiger partial charge is 0.0541 e. The summed E-state index contributed by atoms with van der Waals surface area (Å²) in [5.74, 6) is 0. The third-order valence-corrected chi connectivity index (χ3v) is 8.90. The van der Waals surface area contributed by atoms with Crippen molar-refractivity contribution in [3.05, 3.63) is 170 Å². The van der Waals surface area contributed by atoms with Crippen molar-refractivity contribution in [2.75, 3.05) is 0 Å². The van der Waals surface area contributed by atoms with E-state index in [1.54, 1.807) is 0 Å². The minimum Gasteiger partial charge on any atom is -0.309 e. The van der Waals surface area contributed by atoms with Gasteiger partial charge in [-0.15, -0.1) is 0 Å². The monoisotopic (exact) mass is 560 g/mol. The topological polar surface area (TPSA) is 9.86 Å². The zero-order valence-corrected chi connectivity index (χ0v) is 24.1. The number of rotatable bonds is 4. The predicted octanol–water partition coefficient (Wildman–Crippen LogP) is 11.2. The SMILES string of the molecule is c1ccc(-n2c3ccccc3c3cc(-c4cccc(-c5ccc6c(c5)c5ccccc5n6-c5ccccc5)c4)ccc32)cc1.